The van der Waals surface area contributed by atoms with Crippen LogP contribution in [0.5, 0.6) is 0 Å². The minimum absolute atomic E-state index is 0.451. The van der Waals surface area contributed by atoms with Crippen LogP contribution in [-0.4, -0.2) is 23.6 Å². The van der Waals surface area contributed by atoms with Crippen molar-refractivity contribution in [1.82, 2.24) is 9.97 Å². The molecule has 0 aliphatic rings. The second-order valence-electron chi connectivity index (χ2n) is 3.85. The van der Waals surface area contributed by atoms with E-state index >= 15 is 0 Å². The molecule has 0 aliphatic carbocycles. The molecule has 0 saturated carbocycles. The first-order chi connectivity index (χ1) is 9.56. The zero-order chi connectivity index (χ0) is 14.7. The van der Waals surface area contributed by atoms with Gasteiger partial charge in [0.25, 0.3) is 0 Å². The number of thiophene rings is 1. The summed E-state index contributed by atoms with van der Waals surface area (Å²) in [6, 6.07) is 1.93. The molecule has 0 spiro atoms. The Hall–Kier alpha value is 0.0400. The quantitative estimate of drug-likeness (QED) is 0.614. The van der Waals surface area contributed by atoms with Gasteiger partial charge < -0.3 is 10.1 Å². The fraction of sp³-hybridized carbons (Fsp3) is 0.333. The molecule has 0 aromatic carbocycles. The number of hydrogen-bond acceptors (Lipinski definition) is 5. The van der Waals surface area contributed by atoms with Gasteiger partial charge in [0.15, 0.2) is 5.82 Å². The van der Waals surface area contributed by atoms with E-state index in [9.17, 15) is 0 Å². The molecule has 2 aromatic rings. The Morgan fingerprint density at radius 3 is 2.80 bits per heavy atom. The maximum Gasteiger partial charge on any atom is 0.172 e. The molecule has 0 radical (unpaired) electrons. The van der Waals surface area contributed by atoms with Gasteiger partial charge in [0, 0.05) is 18.1 Å². The van der Waals surface area contributed by atoms with Gasteiger partial charge in [-0.15, -0.1) is 11.3 Å². The Morgan fingerprint density at radius 2 is 2.25 bits per heavy atom. The predicted molar refractivity (Wildman–Crippen MR) is 95.6 cm³/mol. The van der Waals surface area contributed by atoms with Crippen molar-refractivity contribution < 1.29 is 4.74 Å². The third-order valence-corrected chi connectivity index (χ3v) is 6.01. The minimum Gasteiger partial charge on any atom is -0.378 e. The van der Waals surface area contributed by atoms with Crippen LogP contribution in [0.4, 0.5) is 5.82 Å². The molecule has 8 heteroatoms. The van der Waals surface area contributed by atoms with Crippen LogP contribution < -0.4 is 5.32 Å². The van der Waals surface area contributed by atoms with Crippen LogP contribution in [0.3, 0.4) is 0 Å². The van der Waals surface area contributed by atoms with Gasteiger partial charge in [-0.25, -0.2) is 9.97 Å². The average Bonchev–Trinajstić information content (AvgIpc) is 2.75. The number of nitrogens with zero attached hydrogens (tertiary/aromatic N) is 2. The van der Waals surface area contributed by atoms with Crippen LogP contribution in [0.1, 0.15) is 12.6 Å². The summed E-state index contributed by atoms with van der Waals surface area (Å²) in [5, 5.41) is 3.25. The number of methoxy groups -OCH3 is 1. The smallest absolute Gasteiger partial charge is 0.172 e. The number of ether oxygens (including phenoxy) is 1. The molecule has 4 nitrogen and oxygen atoms in total. The summed E-state index contributed by atoms with van der Waals surface area (Å²) in [6.07, 6.45) is 0. The lowest BCUT2D eigenvalue weighted by atomic mass is 10.3. The zero-order valence-electron chi connectivity index (χ0n) is 10.8. The highest BCUT2D eigenvalue weighted by Crippen LogP contribution is 2.37. The maximum absolute atomic E-state index is 6.09. The van der Waals surface area contributed by atoms with Gasteiger partial charge in [0.2, 0.25) is 0 Å². The summed E-state index contributed by atoms with van der Waals surface area (Å²) >= 11 is 13.2. The topological polar surface area (TPSA) is 47.0 Å². The molecule has 2 rings (SSSR count). The average molecular weight is 489 g/mol. The highest BCUT2D eigenvalue weighted by atomic mass is 127. The molecule has 2 heterocycles. The van der Waals surface area contributed by atoms with Gasteiger partial charge in [-0.2, -0.15) is 0 Å². The summed E-state index contributed by atoms with van der Waals surface area (Å²) in [5.41, 5.74) is 0.870. The van der Waals surface area contributed by atoms with Gasteiger partial charge in [0.1, 0.15) is 10.2 Å². The van der Waals surface area contributed by atoms with Crippen molar-refractivity contribution in [2.24, 2.45) is 0 Å². The van der Waals surface area contributed by atoms with Gasteiger partial charge >= 0.3 is 0 Å². The Morgan fingerprint density at radius 1 is 1.50 bits per heavy atom. The molecule has 1 N–H and O–H groups in total. The van der Waals surface area contributed by atoms with E-state index in [-0.39, 0.29) is 0 Å². The predicted octanol–water partition coefficient (Wildman–Crippen LogP) is 4.80. The van der Waals surface area contributed by atoms with E-state index in [1.165, 1.54) is 11.3 Å². The zero-order valence-corrected chi connectivity index (χ0v) is 16.2. The summed E-state index contributed by atoms with van der Waals surface area (Å²) in [5.74, 6) is 1.48. The summed E-state index contributed by atoms with van der Waals surface area (Å²) < 4.78 is 7.75. The fourth-order valence-electron chi connectivity index (χ4n) is 1.58. The standard InChI is InChI=1S/C12H12BrClIN3OS/c1-3-16-12-9(15)7(5-19-2)17-11(18-12)8-4-6(13)10(14)20-8/h4H,3,5H2,1-2H3,(H,16,17,18). The van der Waals surface area contributed by atoms with Crippen LogP contribution in [0.2, 0.25) is 4.34 Å². The number of anilines is 1. The summed E-state index contributed by atoms with van der Waals surface area (Å²) in [4.78, 5) is 10.1. The largest absolute Gasteiger partial charge is 0.378 e. The van der Waals surface area contributed by atoms with E-state index < -0.39 is 0 Å². The highest BCUT2D eigenvalue weighted by Gasteiger charge is 2.15. The normalized spacial score (nSPS) is 10.8. The maximum atomic E-state index is 6.09. The minimum atomic E-state index is 0.451. The molecule has 20 heavy (non-hydrogen) atoms. The molecule has 0 unspecified atom stereocenters. The number of rotatable bonds is 5. The first-order valence-corrected chi connectivity index (χ1v) is 8.87. The lowest BCUT2D eigenvalue weighted by Crippen LogP contribution is -2.08. The van der Waals surface area contributed by atoms with E-state index in [1.807, 2.05) is 13.0 Å². The summed E-state index contributed by atoms with van der Waals surface area (Å²) in [7, 11) is 1.66. The Kier molecular flexibility index (Phi) is 6.03. The first-order valence-electron chi connectivity index (χ1n) is 5.81. The van der Waals surface area contributed by atoms with E-state index in [0.717, 1.165) is 31.0 Å². The van der Waals surface area contributed by atoms with Crippen LogP contribution in [0.15, 0.2) is 10.5 Å². The van der Waals surface area contributed by atoms with Gasteiger partial charge in [-0.05, 0) is 51.5 Å². The molecular formula is C12H12BrClIN3OS. The third-order valence-electron chi connectivity index (χ3n) is 2.41. The van der Waals surface area contributed by atoms with E-state index in [0.29, 0.717) is 16.8 Å². The summed E-state index contributed by atoms with van der Waals surface area (Å²) in [6.45, 7) is 3.28. The molecule has 2 aromatic heterocycles. The molecule has 108 valence electrons. The molecule has 0 aliphatic heterocycles. The fourth-order valence-corrected chi connectivity index (χ4v) is 3.80. The van der Waals surface area contributed by atoms with Crippen molar-refractivity contribution >= 4 is 67.3 Å². The second kappa shape index (κ2) is 7.35. The van der Waals surface area contributed by atoms with Crippen LogP contribution >= 0.6 is 61.5 Å². The Bertz CT molecular complexity index is 576. The van der Waals surface area contributed by atoms with E-state index in [1.54, 1.807) is 7.11 Å². The number of hydrogen-bond donors (Lipinski definition) is 1. The van der Waals surface area contributed by atoms with Crippen molar-refractivity contribution in [2.75, 3.05) is 19.0 Å². The Labute approximate surface area is 148 Å². The van der Waals surface area contributed by atoms with Crippen molar-refractivity contribution in [2.45, 2.75) is 13.5 Å². The van der Waals surface area contributed by atoms with Crippen LogP contribution in [0, 0.1) is 3.57 Å². The lowest BCUT2D eigenvalue weighted by molar-refractivity contribution is 0.181. The first kappa shape index (κ1) is 16.4. The molecule has 0 fully saturated rings. The SMILES string of the molecule is CCNc1nc(-c2cc(Br)c(Cl)s2)nc(COC)c1I. The number of nitrogens with one attached hydrogen (secondary N) is 1. The highest BCUT2D eigenvalue weighted by molar-refractivity contribution is 14.1. The van der Waals surface area contributed by atoms with E-state index in [2.05, 4.69) is 53.8 Å². The van der Waals surface area contributed by atoms with Crippen molar-refractivity contribution in [3.63, 3.8) is 0 Å². The molecule has 0 bridgehead atoms. The number of halogens is 3. The second-order valence-corrected chi connectivity index (χ2v) is 7.44. The molecular weight excluding hydrogens is 476 g/mol. The van der Waals surface area contributed by atoms with Gasteiger partial charge in [-0.1, -0.05) is 11.6 Å². The molecule has 0 atom stereocenters. The van der Waals surface area contributed by atoms with Crippen molar-refractivity contribution in [1.29, 1.82) is 0 Å². The van der Waals surface area contributed by atoms with Gasteiger partial charge in [0.05, 0.1) is 20.7 Å². The van der Waals surface area contributed by atoms with Crippen LogP contribution in [0.25, 0.3) is 10.7 Å². The van der Waals surface area contributed by atoms with Crippen molar-refractivity contribution in [3.05, 3.63) is 24.1 Å². The Balaban J connectivity index is 2.52. The van der Waals surface area contributed by atoms with Gasteiger partial charge in [-0.3, -0.25) is 0 Å². The lowest BCUT2D eigenvalue weighted by Gasteiger charge is -2.11. The van der Waals surface area contributed by atoms with Crippen LogP contribution in [-0.2, 0) is 11.3 Å². The van der Waals surface area contributed by atoms with E-state index in [4.69, 9.17) is 16.3 Å². The monoisotopic (exact) mass is 487 g/mol. The third kappa shape index (κ3) is 3.62. The number of aromatic nitrogens is 2. The molecule has 0 saturated heterocycles. The molecule has 0 amide bonds. The van der Waals surface area contributed by atoms with Crippen molar-refractivity contribution in [3.8, 4) is 10.7 Å².